The summed E-state index contributed by atoms with van der Waals surface area (Å²) < 4.78 is 28.7. The van der Waals surface area contributed by atoms with Crippen molar-refractivity contribution in [1.29, 1.82) is 0 Å². The summed E-state index contributed by atoms with van der Waals surface area (Å²) in [4.78, 5) is 12.1. The molecule has 19 heavy (non-hydrogen) atoms. The molecule has 1 fully saturated rings. The van der Waals surface area contributed by atoms with Crippen LogP contribution in [0.15, 0.2) is 22.7 Å². The Balaban J connectivity index is 2.11. The van der Waals surface area contributed by atoms with Gasteiger partial charge in [0.1, 0.15) is 11.5 Å². The number of Topliss-reactive ketones (excluding diaryl/α,β-unsaturated/α-hetero) is 1. The molecule has 1 aliphatic heterocycles. The number of methoxy groups -OCH3 is 1. The van der Waals surface area contributed by atoms with Crippen LogP contribution in [0.1, 0.15) is 12.0 Å². The van der Waals surface area contributed by atoms with Crippen molar-refractivity contribution >= 4 is 31.6 Å². The minimum atomic E-state index is -3.01. The predicted octanol–water partition coefficient (Wildman–Crippen LogP) is 2.00. The summed E-state index contributed by atoms with van der Waals surface area (Å²) in [5.74, 6) is 0.430. The van der Waals surface area contributed by atoms with Crippen LogP contribution in [0, 0.1) is 5.92 Å². The predicted molar refractivity (Wildman–Crippen MR) is 76.2 cm³/mol. The maximum absolute atomic E-state index is 12.1. The van der Waals surface area contributed by atoms with Crippen molar-refractivity contribution in [2.45, 2.75) is 12.8 Å². The molecule has 0 bridgehead atoms. The van der Waals surface area contributed by atoms with Gasteiger partial charge in [0.05, 0.1) is 18.6 Å². The van der Waals surface area contributed by atoms with E-state index in [-0.39, 0.29) is 29.6 Å². The molecule has 1 saturated heterocycles. The average molecular weight is 347 g/mol. The normalized spacial score (nSPS) is 21.3. The lowest BCUT2D eigenvalue weighted by Gasteiger charge is -2.09. The van der Waals surface area contributed by atoms with Gasteiger partial charge in [0.25, 0.3) is 0 Å². The minimum Gasteiger partial charge on any atom is -0.497 e. The van der Waals surface area contributed by atoms with E-state index in [1.165, 1.54) is 0 Å². The molecule has 0 spiro atoms. The van der Waals surface area contributed by atoms with E-state index in [4.69, 9.17) is 4.74 Å². The standard InChI is InChI=1S/C13H15BrO4S/c1-18-11-2-3-12(14)10(6-11)7-13(15)9-4-5-19(16,17)8-9/h2-3,6,9H,4-5,7-8H2,1H3. The van der Waals surface area contributed by atoms with Crippen LogP contribution in [-0.2, 0) is 21.1 Å². The van der Waals surface area contributed by atoms with E-state index < -0.39 is 9.84 Å². The van der Waals surface area contributed by atoms with E-state index in [0.29, 0.717) is 12.2 Å². The van der Waals surface area contributed by atoms with Gasteiger partial charge in [-0.1, -0.05) is 15.9 Å². The molecule has 1 unspecified atom stereocenters. The van der Waals surface area contributed by atoms with Gasteiger partial charge in [0.15, 0.2) is 9.84 Å². The zero-order chi connectivity index (χ0) is 14.0. The van der Waals surface area contributed by atoms with Crippen molar-refractivity contribution in [2.75, 3.05) is 18.6 Å². The van der Waals surface area contributed by atoms with Gasteiger partial charge in [0, 0.05) is 16.8 Å². The second-order valence-corrected chi connectivity index (χ2v) is 7.78. The number of benzene rings is 1. The van der Waals surface area contributed by atoms with Crippen LogP contribution in [0.2, 0.25) is 0 Å². The molecule has 1 aliphatic rings. The molecule has 1 aromatic rings. The number of carbonyl (C=O) groups excluding carboxylic acids is 1. The van der Waals surface area contributed by atoms with Gasteiger partial charge in [-0.15, -0.1) is 0 Å². The van der Waals surface area contributed by atoms with Crippen molar-refractivity contribution in [3.63, 3.8) is 0 Å². The Bertz CT molecular complexity index is 595. The Labute approximate surface area is 121 Å². The number of carbonyl (C=O) groups is 1. The lowest BCUT2D eigenvalue weighted by molar-refractivity contribution is -0.121. The third-order valence-electron chi connectivity index (χ3n) is 3.31. The molecule has 1 aromatic carbocycles. The molecule has 0 saturated carbocycles. The monoisotopic (exact) mass is 346 g/mol. The molecule has 104 valence electrons. The molecule has 0 radical (unpaired) electrons. The molecule has 0 aliphatic carbocycles. The summed E-state index contributed by atoms with van der Waals surface area (Å²) in [5, 5.41) is 0. The SMILES string of the molecule is COc1ccc(Br)c(CC(=O)C2CCS(=O)(=O)C2)c1. The van der Waals surface area contributed by atoms with Gasteiger partial charge in [-0.05, 0) is 30.2 Å². The number of hydrogen-bond donors (Lipinski definition) is 0. The van der Waals surface area contributed by atoms with E-state index in [9.17, 15) is 13.2 Å². The second kappa shape index (κ2) is 5.63. The quantitative estimate of drug-likeness (QED) is 0.836. The fourth-order valence-corrected chi connectivity index (χ4v) is 4.36. The molecule has 6 heteroatoms. The first-order chi connectivity index (χ1) is 8.91. The number of ether oxygens (including phenoxy) is 1. The fraction of sp³-hybridized carbons (Fsp3) is 0.462. The van der Waals surface area contributed by atoms with Gasteiger partial charge < -0.3 is 4.74 Å². The molecule has 0 N–H and O–H groups in total. The maximum atomic E-state index is 12.1. The second-order valence-electron chi connectivity index (χ2n) is 4.70. The van der Waals surface area contributed by atoms with Gasteiger partial charge >= 0.3 is 0 Å². The Morgan fingerprint density at radius 3 is 2.79 bits per heavy atom. The summed E-state index contributed by atoms with van der Waals surface area (Å²) in [5.41, 5.74) is 0.827. The molecule has 0 amide bonds. The van der Waals surface area contributed by atoms with Crippen molar-refractivity contribution < 1.29 is 17.9 Å². The summed E-state index contributed by atoms with van der Waals surface area (Å²) in [6.07, 6.45) is 0.681. The lowest BCUT2D eigenvalue weighted by atomic mass is 9.97. The van der Waals surface area contributed by atoms with E-state index in [1.807, 2.05) is 6.07 Å². The van der Waals surface area contributed by atoms with Crippen molar-refractivity contribution in [3.8, 4) is 5.75 Å². The Hall–Kier alpha value is -0.880. The third-order valence-corrected chi connectivity index (χ3v) is 5.85. The highest BCUT2D eigenvalue weighted by Crippen LogP contribution is 2.26. The fourth-order valence-electron chi connectivity index (χ4n) is 2.19. The van der Waals surface area contributed by atoms with Crippen LogP contribution in [0.25, 0.3) is 0 Å². The first kappa shape index (κ1) is 14.5. The zero-order valence-electron chi connectivity index (χ0n) is 10.6. The number of hydrogen-bond acceptors (Lipinski definition) is 4. The van der Waals surface area contributed by atoms with E-state index >= 15 is 0 Å². The summed E-state index contributed by atoms with van der Waals surface area (Å²) in [7, 11) is -1.45. The molecule has 0 aromatic heterocycles. The average Bonchev–Trinajstić information content (AvgIpc) is 2.72. The maximum Gasteiger partial charge on any atom is 0.151 e. The van der Waals surface area contributed by atoms with Gasteiger partial charge in [0.2, 0.25) is 0 Å². The summed E-state index contributed by atoms with van der Waals surface area (Å²) >= 11 is 3.39. The van der Waals surface area contributed by atoms with Crippen LogP contribution < -0.4 is 4.74 Å². The van der Waals surface area contributed by atoms with Crippen LogP contribution in [-0.4, -0.2) is 32.8 Å². The van der Waals surface area contributed by atoms with Gasteiger partial charge in [-0.25, -0.2) is 8.42 Å². The number of rotatable bonds is 4. The largest absolute Gasteiger partial charge is 0.497 e. The first-order valence-electron chi connectivity index (χ1n) is 5.97. The van der Waals surface area contributed by atoms with Crippen LogP contribution in [0.4, 0.5) is 0 Å². The van der Waals surface area contributed by atoms with E-state index in [1.54, 1.807) is 19.2 Å². The van der Waals surface area contributed by atoms with Crippen LogP contribution in [0.3, 0.4) is 0 Å². The lowest BCUT2D eigenvalue weighted by Crippen LogP contribution is -2.18. The number of ketones is 1. The molecular formula is C13H15BrO4S. The van der Waals surface area contributed by atoms with E-state index in [2.05, 4.69) is 15.9 Å². The highest BCUT2D eigenvalue weighted by Gasteiger charge is 2.32. The van der Waals surface area contributed by atoms with Crippen molar-refractivity contribution in [3.05, 3.63) is 28.2 Å². The van der Waals surface area contributed by atoms with Gasteiger partial charge in [-0.2, -0.15) is 0 Å². The van der Waals surface area contributed by atoms with Crippen LogP contribution >= 0.6 is 15.9 Å². The Morgan fingerprint density at radius 2 is 2.21 bits per heavy atom. The van der Waals surface area contributed by atoms with Crippen LogP contribution in [0.5, 0.6) is 5.75 Å². The molecule has 4 nitrogen and oxygen atoms in total. The smallest absolute Gasteiger partial charge is 0.151 e. The highest BCUT2D eigenvalue weighted by molar-refractivity contribution is 9.10. The Morgan fingerprint density at radius 1 is 1.47 bits per heavy atom. The molecule has 2 rings (SSSR count). The third kappa shape index (κ3) is 3.57. The van der Waals surface area contributed by atoms with E-state index in [0.717, 1.165) is 10.0 Å². The molecular weight excluding hydrogens is 332 g/mol. The van der Waals surface area contributed by atoms with Crippen molar-refractivity contribution in [2.24, 2.45) is 5.92 Å². The molecule has 1 heterocycles. The summed E-state index contributed by atoms with van der Waals surface area (Å²) in [6.45, 7) is 0. The zero-order valence-corrected chi connectivity index (χ0v) is 13.0. The Kier molecular flexibility index (Phi) is 4.30. The number of halogens is 1. The minimum absolute atomic E-state index is 0.00653. The molecule has 1 atom stereocenters. The van der Waals surface area contributed by atoms with Gasteiger partial charge in [-0.3, -0.25) is 4.79 Å². The topological polar surface area (TPSA) is 60.4 Å². The first-order valence-corrected chi connectivity index (χ1v) is 8.58. The van der Waals surface area contributed by atoms with Crippen molar-refractivity contribution in [1.82, 2.24) is 0 Å². The highest BCUT2D eigenvalue weighted by atomic mass is 79.9. The number of sulfone groups is 1. The summed E-state index contributed by atoms with van der Waals surface area (Å²) in [6, 6.07) is 5.43.